The molecule has 0 N–H and O–H groups in total. The number of piperazine rings is 1. The van der Waals surface area contributed by atoms with Crippen LogP contribution >= 0.6 is 0 Å². The maximum Gasteiger partial charge on any atom is 0.254 e. The Morgan fingerprint density at radius 2 is 1.56 bits per heavy atom. The Morgan fingerprint density at radius 1 is 0.926 bits per heavy atom. The standard InChI is InChI=1S/C22H28N2O3/c1-16-5-6-17(2)19(11-16)15-23-7-9-24(10-8-23)22(25)18-12-20(26-3)14-21(13-18)27-4/h5-6,11-14H,7-10,15H2,1-4H3. The van der Waals surface area contributed by atoms with Crippen LogP contribution in [-0.4, -0.2) is 56.1 Å². The second-order valence-corrected chi connectivity index (χ2v) is 7.10. The molecule has 144 valence electrons. The van der Waals surface area contributed by atoms with Crippen LogP contribution in [0.25, 0.3) is 0 Å². The lowest BCUT2D eigenvalue weighted by atomic mass is 10.0. The molecule has 0 radical (unpaired) electrons. The molecule has 1 saturated heterocycles. The van der Waals surface area contributed by atoms with E-state index in [2.05, 4.69) is 36.9 Å². The minimum Gasteiger partial charge on any atom is -0.497 e. The molecular weight excluding hydrogens is 340 g/mol. The smallest absolute Gasteiger partial charge is 0.254 e. The van der Waals surface area contributed by atoms with Gasteiger partial charge in [-0.2, -0.15) is 0 Å². The van der Waals surface area contributed by atoms with E-state index in [0.717, 1.165) is 32.7 Å². The highest BCUT2D eigenvalue weighted by Gasteiger charge is 2.23. The number of hydrogen-bond acceptors (Lipinski definition) is 4. The number of aryl methyl sites for hydroxylation is 2. The van der Waals surface area contributed by atoms with Gasteiger partial charge >= 0.3 is 0 Å². The maximum atomic E-state index is 12.9. The third kappa shape index (κ3) is 4.61. The second kappa shape index (κ2) is 8.44. The van der Waals surface area contributed by atoms with Gasteiger partial charge in [0, 0.05) is 44.4 Å². The van der Waals surface area contributed by atoms with Crippen LogP contribution in [0, 0.1) is 13.8 Å². The zero-order valence-corrected chi connectivity index (χ0v) is 16.6. The van der Waals surface area contributed by atoms with Gasteiger partial charge in [0.25, 0.3) is 5.91 Å². The number of ether oxygens (including phenoxy) is 2. The van der Waals surface area contributed by atoms with E-state index in [1.54, 1.807) is 32.4 Å². The fourth-order valence-electron chi connectivity index (χ4n) is 3.43. The Kier molecular flexibility index (Phi) is 6.01. The Bertz CT molecular complexity index is 789. The summed E-state index contributed by atoms with van der Waals surface area (Å²) in [7, 11) is 3.18. The molecule has 0 unspecified atom stereocenters. The molecule has 5 nitrogen and oxygen atoms in total. The van der Waals surface area contributed by atoms with Crippen molar-refractivity contribution in [3.8, 4) is 11.5 Å². The van der Waals surface area contributed by atoms with Gasteiger partial charge in [-0.3, -0.25) is 9.69 Å². The van der Waals surface area contributed by atoms with E-state index in [-0.39, 0.29) is 5.91 Å². The van der Waals surface area contributed by atoms with Crippen molar-refractivity contribution in [1.82, 2.24) is 9.80 Å². The quantitative estimate of drug-likeness (QED) is 0.812. The van der Waals surface area contributed by atoms with Gasteiger partial charge in [0.2, 0.25) is 0 Å². The molecule has 27 heavy (non-hydrogen) atoms. The summed E-state index contributed by atoms with van der Waals surface area (Å²) >= 11 is 0. The molecule has 1 aliphatic heterocycles. The van der Waals surface area contributed by atoms with Gasteiger partial charge in [0.05, 0.1) is 14.2 Å². The summed E-state index contributed by atoms with van der Waals surface area (Å²) in [6, 6.07) is 11.9. The summed E-state index contributed by atoms with van der Waals surface area (Å²) < 4.78 is 10.6. The zero-order chi connectivity index (χ0) is 19.4. The van der Waals surface area contributed by atoms with E-state index >= 15 is 0 Å². The number of hydrogen-bond donors (Lipinski definition) is 0. The minimum absolute atomic E-state index is 0.0265. The first-order chi connectivity index (χ1) is 13.0. The van der Waals surface area contributed by atoms with E-state index in [9.17, 15) is 4.79 Å². The number of rotatable bonds is 5. The van der Waals surface area contributed by atoms with Crippen molar-refractivity contribution in [2.75, 3.05) is 40.4 Å². The minimum atomic E-state index is 0.0265. The lowest BCUT2D eigenvalue weighted by Crippen LogP contribution is -2.48. The summed E-state index contributed by atoms with van der Waals surface area (Å²) in [5.41, 5.74) is 4.58. The Balaban J connectivity index is 1.63. The van der Waals surface area contributed by atoms with E-state index in [1.165, 1.54) is 16.7 Å². The third-order valence-electron chi connectivity index (χ3n) is 5.16. The molecule has 0 bridgehead atoms. The molecule has 2 aromatic carbocycles. The second-order valence-electron chi connectivity index (χ2n) is 7.10. The molecule has 0 atom stereocenters. The van der Waals surface area contributed by atoms with Crippen LogP contribution < -0.4 is 9.47 Å². The Labute approximate surface area is 161 Å². The van der Waals surface area contributed by atoms with Crippen LogP contribution in [0.1, 0.15) is 27.0 Å². The van der Waals surface area contributed by atoms with Gasteiger partial charge in [-0.1, -0.05) is 23.8 Å². The number of benzene rings is 2. The van der Waals surface area contributed by atoms with Crippen molar-refractivity contribution in [3.63, 3.8) is 0 Å². The number of methoxy groups -OCH3 is 2. The number of nitrogens with zero attached hydrogens (tertiary/aromatic N) is 2. The van der Waals surface area contributed by atoms with Crippen molar-refractivity contribution in [2.45, 2.75) is 20.4 Å². The molecule has 0 aromatic heterocycles. The van der Waals surface area contributed by atoms with Crippen molar-refractivity contribution in [3.05, 3.63) is 58.7 Å². The highest BCUT2D eigenvalue weighted by molar-refractivity contribution is 5.95. The van der Waals surface area contributed by atoms with Gasteiger partial charge in [0.1, 0.15) is 11.5 Å². The largest absolute Gasteiger partial charge is 0.497 e. The van der Waals surface area contributed by atoms with Crippen LogP contribution in [0.5, 0.6) is 11.5 Å². The van der Waals surface area contributed by atoms with Gasteiger partial charge < -0.3 is 14.4 Å². The van der Waals surface area contributed by atoms with Crippen molar-refractivity contribution < 1.29 is 14.3 Å². The van der Waals surface area contributed by atoms with E-state index in [4.69, 9.17) is 9.47 Å². The highest BCUT2D eigenvalue weighted by atomic mass is 16.5. The molecule has 3 rings (SSSR count). The summed E-state index contributed by atoms with van der Waals surface area (Å²) in [6.07, 6.45) is 0. The predicted molar refractivity (Wildman–Crippen MR) is 107 cm³/mol. The monoisotopic (exact) mass is 368 g/mol. The van der Waals surface area contributed by atoms with Gasteiger partial charge in [-0.25, -0.2) is 0 Å². The van der Waals surface area contributed by atoms with Crippen LogP contribution in [-0.2, 0) is 6.54 Å². The summed E-state index contributed by atoms with van der Waals surface area (Å²) in [5, 5.41) is 0. The molecule has 1 heterocycles. The number of carbonyl (C=O) groups is 1. The van der Waals surface area contributed by atoms with E-state index in [0.29, 0.717) is 17.1 Å². The highest BCUT2D eigenvalue weighted by Crippen LogP contribution is 2.24. The van der Waals surface area contributed by atoms with Crippen LogP contribution in [0.15, 0.2) is 36.4 Å². The predicted octanol–water partition coefficient (Wildman–Crippen LogP) is 3.28. The van der Waals surface area contributed by atoms with Crippen LogP contribution in [0.3, 0.4) is 0 Å². The van der Waals surface area contributed by atoms with Crippen molar-refractivity contribution in [2.24, 2.45) is 0 Å². The van der Waals surface area contributed by atoms with E-state index < -0.39 is 0 Å². The average Bonchev–Trinajstić information content (AvgIpc) is 2.70. The lowest BCUT2D eigenvalue weighted by Gasteiger charge is -2.35. The van der Waals surface area contributed by atoms with Crippen LogP contribution in [0.4, 0.5) is 0 Å². The normalized spacial score (nSPS) is 14.9. The molecule has 0 aliphatic carbocycles. The third-order valence-corrected chi connectivity index (χ3v) is 5.16. The number of carbonyl (C=O) groups excluding carboxylic acids is 1. The lowest BCUT2D eigenvalue weighted by molar-refractivity contribution is 0.0627. The molecule has 0 saturated carbocycles. The summed E-state index contributed by atoms with van der Waals surface area (Å²) in [5.74, 6) is 1.29. The first kappa shape index (κ1) is 19.2. The van der Waals surface area contributed by atoms with Crippen LogP contribution in [0.2, 0.25) is 0 Å². The summed E-state index contributed by atoms with van der Waals surface area (Å²) in [6.45, 7) is 8.42. The van der Waals surface area contributed by atoms with Crippen molar-refractivity contribution in [1.29, 1.82) is 0 Å². The molecule has 1 fully saturated rings. The maximum absolute atomic E-state index is 12.9. The Hall–Kier alpha value is -2.53. The molecule has 0 spiro atoms. The van der Waals surface area contributed by atoms with Gasteiger partial charge in [-0.15, -0.1) is 0 Å². The van der Waals surface area contributed by atoms with Crippen molar-refractivity contribution >= 4 is 5.91 Å². The first-order valence-electron chi connectivity index (χ1n) is 9.31. The fraction of sp³-hybridized carbons (Fsp3) is 0.409. The molecule has 1 amide bonds. The number of amides is 1. The first-order valence-corrected chi connectivity index (χ1v) is 9.31. The molecular formula is C22H28N2O3. The zero-order valence-electron chi connectivity index (χ0n) is 16.6. The topological polar surface area (TPSA) is 42.0 Å². The molecule has 5 heteroatoms. The molecule has 2 aromatic rings. The summed E-state index contributed by atoms with van der Waals surface area (Å²) in [4.78, 5) is 17.2. The molecule has 1 aliphatic rings. The SMILES string of the molecule is COc1cc(OC)cc(C(=O)N2CCN(Cc3cc(C)ccc3C)CC2)c1. The van der Waals surface area contributed by atoms with Gasteiger partial charge in [-0.05, 0) is 37.1 Å². The van der Waals surface area contributed by atoms with E-state index in [1.807, 2.05) is 4.90 Å². The fourth-order valence-corrected chi connectivity index (χ4v) is 3.43. The van der Waals surface area contributed by atoms with Gasteiger partial charge in [0.15, 0.2) is 0 Å². The Morgan fingerprint density at radius 3 is 2.15 bits per heavy atom. The average molecular weight is 368 g/mol.